The molecule has 0 amide bonds. The summed E-state index contributed by atoms with van der Waals surface area (Å²) in [6.07, 6.45) is 5.32. The Hall–Kier alpha value is -1.07. The fourth-order valence-corrected chi connectivity index (χ4v) is 2.27. The van der Waals surface area contributed by atoms with Crippen molar-refractivity contribution in [2.24, 2.45) is 0 Å². The molecule has 20 heavy (non-hydrogen) atoms. The van der Waals surface area contributed by atoms with Crippen LogP contribution in [-0.4, -0.2) is 43.0 Å². The van der Waals surface area contributed by atoms with Gasteiger partial charge >= 0.3 is 0 Å². The van der Waals surface area contributed by atoms with Gasteiger partial charge in [0, 0.05) is 33.1 Å². The number of methoxy groups -OCH3 is 1. The standard InChI is InChI=1S/C15H29N3O2/c1-5-8-14(12-19-4)18-11-13(3)17-15(18)16-9-7-10-20-6-2/h11,14H,5-10,12H2,1-4H3,(H,16,17). The molecule has 0 aromatic carbocycles. The van der Waals surface area contributed by atoms with E-state index in [0.717, 1.165) is 57.3 Å². The van der Waals surface area contributed by atoms with E-state index in [9.17, 15) is 0 Å². The van der Waals surface area contributed by atoms with Crippen LogP contribution in [0.3, 0.4) is 0 Å². The summed E-state index contributed by atoms with van der Waals surface area (Å²) in [5.74, 6) is 0.939. The fourth-order valence-electron chi connectivity index (χ4n) is 2.27. The summed E-state index contributed by atoms with van der Waals surface area (Å²) in [5, 5.41) is 3.41. The smallest absolute Gasteiger partial charge is 0.203 e. The van der Waals surface area contributed by atoms with E-state index in [1.807, 2.05) is 13.8 Å². The average Bonchev–Trinajstić information content (AvgIpc) is 2.79. The summed E-state index contributed by atoms with van der Waals surface area (Å²) >= 11 is 0. The molecule has 0 radical (unpaired) electrons. The lowest BCUT2D eigenvalue weighted by Crippen LogP contribution is -2.18. The molecule has 0 saturated carbocycles. The van der Waals surface area contributed by atoms with E-state index >= 15 is 0 Å². The first-order valence-corrected chi connectivity index (χ1v) is 7.58. The van der Waals surface area contributed by atoms with Crippen molar-refractivity contribution in [1.29, 1.82) is 0 Å². The quantitative estimate of drug-likeness (QED) is 0.634. The van der Waals surface area contributed by atoms with E-state index in [1.54, 1.807) is 7.11 Å². The van der Waals surface area contributed by atoms with Crippen molar-refractivity contribution in [3.8, 4) is 0 Å². The minimum absolute atomic E-state index is 0.348. The largest absolute Gasteiger partial charge is 0.383 e. The SMILES string of the molecule is CCCC(COC)n1cc(C)nc1NCCCOCC. The zero-order chi connectivity index (χ0) is 14.8. The second-order valence-electron chi connectivity index (χ2n) is 4.99. The van der Waals surface area contributed by atoms with Gasteiger partial charge < -0.3 is 19.4 Å². The third kappa shape index (κ3) is 5.51. The minimum atomic E-state index is 0.348. The Labute approximate surface area is 122 Å². The van der Waals surface area contributed by atoms with Gasteiger partial charge in [0.2, 0.25) is 5.95 Å². The van der Waals surface area contributed by atoms with Crippen LogP contribution in [0.2, 0.25) is 0 Å². The summed E-state index contributed by atoms with van der Waals surface area (Å²) in [5.41, 5.74) is 1.04. The molecule has 5 heteroatoms. The van der Waals surface area contributed by atoms with Crippen molar-refractivity contribution < 1.29 is 9.47 Å². The highest BCUT2D eigenvalue weighted by Gasteiger charge is 2.15. The Bertz CT molecular complexity index is 360. The molecule has 0 saturated heterocycles. The number of ether oxygens (including phenoxy) is 2. The predicted molar refractivity (Wildman–Crippen MR) is 82.4 cm³/mol. The number of hydrogen-bond donors (Lipinski definition) is 1. The molecule has 0 aliphatic carbocycles. The lowest BCUT2D eigenvalue weighted by atomic mass is 10.2. The second kappa shape index (κ2) is 9.77. The highest BCUT2D eigenvalue weighted by molar-refractivity contribution is 5.29. The zero-order valence-corrected chi connectivity index (χ0v) is 13.3. The highest BCUT2D eigenvalue weighted by atomic mass is 16.5. The van der Waals surface area contributed by atoms with Crippen molar-refractivity contribution in [3.05, 3.63) is 11.9 Å². The van der Waals surface area contributed by atoms with E-state index < -0.39 is 0 Å². The van der Waals surface area contributed by atoms with Crippen molar-refractivity contribution in [2.75, 3.05) is 38.8 Å². The first-order chi connectivity index (χ1) is 9.72. The Morgan fingerprint density at radius 3 is 2.85 bits per heavy atom. The fraction of sp³-hybridized carbons (Fsp3) is 0.800. The van der Waals surface area contributed by atoms with Crippen LogP contribution < -0.4 is 5.32 Å². The molecule has 1 unspecified atom stereocenters. The molecule has 1 heterocycles. The maximum Gasteiger partial charge on any atom is 0.203 e. The molecule has 1 rings (SSSR count). The minimum Gasteiger partial charge on any atom is -0.383 e. The zero-order valence-electron chi connectivity index (χ0n) is 13.3. The molecule has 1 atom stereocenters. The molecule has 1 aromatic heterocycles. The van der Waals surface area contributed by atoms with Gasteiger partial charge in [-0.2, -0.15) is 0 Å². The van der Waals surface area contributed by atoms with Gasteiger partial charge in [-0.15, -0.1) is 0 Å². The van der Waals surface area contributed by atoms with Gasteiger partial charge in [0.25, 0.3) is 0 Å². The van der Waals surface area contributed by atoms with Crippen LogP contribution in [0.4, 0.5) is 5.95 Å². The second-order valence-corrected chi connectivity index (χ2v) is 4.99. The lowest BCUT2D eigenvalue weighted by molar-refractivity contribution is 0.146. The molecule has 5 nitrogen and oxygen atoms in total. The molecule has 0 fully saturated rings. The van der Waals surface area contributed by atoms with Gasteiger partial charge in [0.1, 0.15) is 0 Å². The molecule has 0 aliphatic rings. The van der Waals surface area contributed by atoms with E-state index in [-0.39, 0.29) is 0 Å². The van der Waals surface area contributed by atoms with E-state index in [0.29, 0.717) is 6.04 Å². The molecule has 1 aromatic rings. The van der Waals surface area contributed by atoms with Crippen LogP contribution in [0.15, 0.2) is 6.20 Å². The number of hydrogen-bond acceptors (Lipinski definition) is 4. The van der Waals surface area contributed by atoms with Crippen molar-refractivity contribution >= 4 is 5.95 Å². The van der Waals surface area contributed by atoms with Crippen molar-refractivity contribution in [1.82, 2.24) is 9.55 Å². The Morgan fingerprint density at radius 2 is 2.20 bits per heavy atom. The first kappa shape index (κ1) is 17.0. The maximum absolute atomic E-state index is 5.34. The third-order valence-electron chi connectivity index (χ3n) is 3.18. The Morgan fingerprint density at radius 1 is 1.40 bits per heavy atom. The summed E-state index contributed by atoms with van der Waals surface area (Å²) in [6.45, 7) is 9.41. The van der Waals surface area contributed by atoms with Gasteiger partial charge in [-0.3, -0.25) is 0 Å². The van der Waals surface area contributed by atoms with Crippen LogP contribution in [0.25, 0.3) is 0 Å². The van der Waals surface area contributed by atoms with E-state index in [2.05, 4.69) is 28.0 Å². The predicted octanol–water partition coefficient (Wildman–Crippen LogP) is 3.02. The summed E-state index contributed by atoms with van der Waals surface area (Å²) in [7, 11) is 1.75. The van der Waals surface area contributed by atoms with Crippen LogP contribution in [0, 0.1) is 6.92 Å². The molecular formula is C15H29N3O2. The van der Waals surface area contributed by atoms with Gasteiger partial charge in [0.05, 0.1) is 18.3 Å². The molecule has 116 valence electrons. The molecule has 1 N–H and O–H groups in total. The summed E-state index contributed by atoms with van der Waals surface area (Å²) in [6, 6.07) is 0.348. The first-order valence-electron chi connectivity index (χ1n) is 7.58. The van der Waals surface area contributed by atoms with E-state index in [1.165, 1.54) is 0 Å². The number of aromatic nitrogens is 2. The van der Waals surface area contributed by atoms with E-state index in [4.69, 9.17) is 9.47 Å². The number of anilines is 1. The van der Waals surface area contributed by atoms with Gasteiger partial charge in [-0.25, -0.2) is 4.98 Å². The van der Waals surface area contributed by atoms with Crippen LogP contribution in [0.5, 0.6) is 0 Å². The van der Waals surface area contributed by atoms with Gasteiger partial charge in [-0.1, -0.05) is 13.3 Å². The average molecular weight is 283 g/mol. The Balaban J connectivity index is 2.60. The van der Waals surface area contributed by atoms with Crippen LogP contribution in [0.1, 0.15) is 44.8 Å². The number of nitrogens with one attached hydrogen (secondary N) is 1. The number of aryl methyl sites for hydroxylation is 1. The van der Waals surface area contributed by atoms with Crippen LogP contribution in [-0.2, 0) is 9.47 Å². The number of imidazole rings is 1. The molecule has 0 bridgehead atoms. The topological polar surface area (TPSA) is 48.3 Å². The van der Waals surface area contributed by atoms with Gasteiger partial charge in [-0.05, 0) is 26.7 Å². The molecule has 0 aliphatic heterocycles. The Kier molecular flexibility index (Phi) is 8.30. The third-order valence-corrected chi connectivity index (χ3v) is 3.18. The monoisotopic (exact) mass is 283 g/mol. The summed E-state index contributed by atoms with van der Waals surface area (Å²) in [4.78, 5) is 4.57. The lowest BCUT2D eigenvalue weighted by Gasteiger charge is -2.20. The molecular weight excluding hydrogens is 254 g/mol. The van der Waals surface area contributed by atoms with Crippen molar-refractivity contribution in [3.63, 3.8) is 0 Å². The van der Waals surface area contributed by atoms with Gasteiger partial charge in [0.15, 0.2) is 0 Å². The normalized spacial score (nSPS) is 12.6. The molecule has 0 spiro atoms. The van der Waals surface area contributed by atoms with Crippen LogP contribution >= 0.6 is 0 Å². The highest BCUT2D eigenvalue weighted by Crippen LogP contribution is 2.20. The summed E-state index contributed by atoms with van der Waals surface area (Å²) < 4.78 is 12.9. The number of rotatable bonds is 11. The number of nitrogens with zero attached hydrogens (tertiary/aromatic N) is 2. The maximum atomic E-state index is 5.34. The van der Waals surface area contributed by atoms with Crippen molar-refractivity contribution in [2.45, 2.75) is 46.1 Å².